The van der Waals surface area contributed by atoms with Gasteiger partial charge < -0.3 is 10.8 Å². The van der Waals surface area contributed by atoms with Crippen LogP contribution in [0.15, 0.2) is 24.3 Å². The Balaban J connectivity index is 2.26. The summed E-state index contributed by atoms with van der Waals surface area (Å²) in [6, 6.07) is 7.65. The van der Waals surface area contributed by atoms with Crippen molar-refractivity contribution in [1.29, 1.82) is 0 Å². The van der Waals surface area contributed by atoms with Crippen molar-refractivity contribution >= 4 is 17.4 Å². The number of thioether (sulfide) groups is 1. The zero-order valence-electron chi connectivity index (χ0n) is 9.65. The van der Waals surface area contributed by atoms with E-state index in [4.69, 9.17) is 5.73 Å². The summed E-state index contributed by atoms with van der Waals surface area (Å²) in [6.45, 7) is 1.90. The van der Waals surface area contributed by atoms with Gasteiger partial charge in [-0.15, -0.1) is 0 Å². The second-order valence-electron chi connectivity index (χ2n) is 4.62. The Kier molecular flexibility index (Phi) is 3.45. The topological polar surface area (TPSA) is 46.2 Å². The van der Waals surface area contributed by atoms with E-state index in [0.29, 0.717) is 11.6 Å². The minimum Gasteiger partial charge on any atom is -0.398 e. The first-order valence-electron chi connectivity index (χ1n) is 5.77. The van der Waals surface area contributed by atoms with Crippen molar-refractivity contribution in [2.75, 3.05) is 17.2 Å². The molecule has 3 heteroatoms. The Morgan fingerprint density at radius 1 is 1.31 bits per heavy atom. The summed E-state index contributed by atoms with van der Waals surface area (Å²) in [6.07, 6.45) is 2.15. The number of aliphatic hydroxyl groups is 1. The number of rotatable bonds is 2. The van der Waals surface area contributed by atoms with Gasteiger partial charge in [0.25, 0.3) is 0 Å². The van der Waals surface area contributed by atoms with Gasteiger partial charge in [-0.25, -0.2) is 0 Å². The van der Waals surface area contributed by atoms with E-state index in [0.717, 1.165) is 29.9 Å². The van der Waals surface area contributed by atoms with E-state index in [2.05, 4.69) is 0 Å². The molecule has 2 rings (SSSR count). The molecule has 2 nitrogen and oxygen atoms in total. The number of nitrogens with two attached hydrogens (primary N) is 1. The highest BCUT2D eigenvalue weighted by atomic mass is 32.2. The van der Waals surface area contributed by atoms with Gasteiger partial charge in [0.2, 0.25) is 0 Å². The largest absolute Gasteiger partial charge is 0.398 e. The van der Waals surface area contributed by atoms with Crippen molar-refractivity contribution in [2.45, 2.75) is 25.4 Å². The van der Waals surface area contributed by atoms with E-state index in [1.54, 1.807) is 0 Å². The molecule has 0 amide bonds. The summed E-state index contributed by atoms with van der Waals surface area (Å²) in [5.74, 6) is 2.62. The maximum absolute atomic E-state index is 10.7. The van der Waals surface area contributed by atoms with E-state index >= 15 is 0 Å². The first-order valence-corrected chi connectivity index (χ1v) is 6.93. The average molecular weight is 237 g/mol. The number of anilines is 1. The minimum atomic E-state index is -0.785. The Bertz CT molecular complexity index is 359. The summed E-state index contributed by atoms with van der Waals surface area (Å²) in [4.78, 5) is 0. The van der Waals surface area contributed by atoms with Crippen LogP contribution in [0.1, 0.15) is 25.3 Å². The van der Waals surface area contributed by atoms with E-state index in [9.17, 15) is 5.11 Å². The van der Waals surface area contributed by atoms with Gasteiger partial charge in [0.05, 0.1) is 5.60 Å². The molecule has 1 fully saturated rings. The summed E-state index contributed by atoms with van der Waals surface area (Å²) in [5, 5.41) is 10.7. The molecule has 1 heterocycles. The third-order valence-electron chi connectivity index (χ3n) is 3.52. The summed E-state index contributed by atoms with van der Waals surface area (Å²) in [7, 11) is 0. The number of hydrogen-bond acceptors (Lipinski definition) is 3. The lowest BCUT2D eigenvalue weighted by molar-refractivity contribution is -0.00893. The fourth-order valence-corrected chi connectivity index (χ4v) is 3.54. The minimum absolute atomic E-state index is 0.332. The van der Waals surface area contributed by atoms with Crippen LogP contribution in [0.3, 0.4) is 0 Å². The van der Waals surface area contributed by atoms with Gasteiger partial charge in [0, 0.05) is 11.3 Å². The highest BCUT2D eigenvalue weighted by Crippen LogP contribution is 2.39. The quantitative estimate of drug-likeness (QED) is 0.777. The van der Waals surface area contributed by atoms with Crippen LogP contribution in [-0.2, 0) is 5.60 Å². The zero-order chi connectivity index (χ0) is 11.6. The van der Waals surface area contributed by atoms with Gasteiger partial charge in [0.15, 0.2) is 0 Å². The molecule has 0 saturated carbocycles. The third-order valence-corrected chi connectivity index (χ3v) is 4.57. The Labute approximate surface area is 101 Å². The molecule has 0 aromatic heterocycles. The smallest absolute Gasteiger partial charge is 0.0916 e. The Hall–Kier alpha value is -0.670. The number of para-hydroxylation sites is 1. The lowest BCUT2D eigenvalue weighted by atomic mass is 9.79. The van der Waals surface area contributed by atoms with Gasteiger partial charge in [0.1, 0.15) is 0 Å². The molecule has 0 aliphatic carbocycles. The molecule has 1 aromatic carbocycles. The fourth-order valence-electron chi connectivity index (χ4n) is 2.44. The van der Waals surface area contributed by atoms with Crippen LogP contribution in [0.5, 0.6) is 0 Å². The van der Waals surface area contributed by atoms with Gasteiger partial charge in [-0.2, -0.15) is 11.8 Å². The van der Waals surface area contributed by atoms with Gasteiger partial charge in [-0.05, 0) is 43.3 Å². The molecule has 1 saturated heterocycles. The second kappa shape index (κ2) is 4.68. The van der Waals surface area contributed by atoms with Gasteiger partial charge in [-0.1, -0.05) is 18.2 Å². The molecule has 1 unspecified atom stereocenters. The summed E-state index contributed by atoms with van der Waals surface area (Å²) >= 11 is 1.97. The third kappa shape index (κ3) is 2.20. The standard InChI is InChI=1S/C13H19NOS/c1-13(15,10-6-8-16-9-7-10)11-4-2-3-5-12(11)14/h2-5,10,15H,6-9,14H2,1H3. The van der Waals surface area contributed by atoms with Gasteiger partial charge >= 0.3 is 0 Å². The lowest BCUT2D eigenvalue weighted by Crippen LogP contribution is -2.35. The molecule has 0 bridgehead atoms. The predicted molar refractivity (Wildman–Crippen MR) is 70.5 cm³/mol. The molecule has 1 aliphatic rings. The lowest BCUT2D eigenvalue weighted by Gasteiger charge is -2.36. The number of hydrogen-bond donors (Lipinski definition) is 2. The number of nitrogen functional groups attached to an aromatic ring is 1. The molecule has 3 N–H and O–H groups in total. The van der Waals surface area contributed by atoms with Crippen molar-refractivity contribution in [3.05, 3.63) is 29.8 Å². The number of benzene rings is 1. The van der Waals surface area contributed by atoms with Crippen LogP contribution in [0.4, 0.5) is 5.69 Å². The molecular weight excluding hydrogens is 218 g/mol. The van der Waals surface area contributed by atoms with E-state index in [1.807, 2.05) is 43.0 Å². The molecule has 1 aromatic rings. The van der Waals surface area contributed by atoms with E-state index in [1.165, 1.54) is 0 Å². The molecule has 1 aliphatic heterocycles. The van der Waals surface area contributed by atoms with Crippen molar-refractivity contribution in [3.8, 4) is 0 Å². The van der Waals surface area contributed by atoms with Crippen LogP contribution < -0.4 is 5.73 Å². The predicted octanol–water partition coefficient (Wildman–Crippen LogP) is 2.62. The van der Waals surface area contributed by atoms with Crippen LogP contribution in [0.2, 0.25) is 0 Å². The van der Waals surface area contributed by atoms with E-state index < -0.39 is 5.60 Å². The zero-order valence-corrected chi connectivity index (χ0v) is 10.5. The van der Waals surface area contributed by atoms with Crippen LogP contribution in [0, 0.1) is 5.92 Å². The van der Waals surface area contributed by atoms with E-state index in [-0.39, 0.29) is 0 Å². The molecule has 0 spiro atoms. The van der Waals surface area contributed by atoms with Crippen molar-refractivity contribution in [3.63, 3.8) is 0 Å². The molecule has 1 atom stereocenters. The highest BCUT2D eigenvalue weighted by Gasteiger charge is 2.35. The summed E-state index contributed by atoms with van der Waals surface area (Å²) < 4.78 is 0. The van der Waals surface area contributed by atoms with Crippen molar-refractivity contribution in [2.24, 2.45) is 5.92 Å². The monoisotopic (exact) mass is 237 g/mol. The SMILES string of the molecule is CC(O)(c1ccccc1N)C1CCSCC1. The maximum atomic E-state index is 10.7. The van der Waals surface area contributed by atoms with Crippen molar-refractivity contribution in [1.82, 2.24) is 0 Å². The first kappa shape index (κ1) is 11.8. The molecule has 88 valence electrons. The average Bonchev–Trinajstić information content (AvgIpc) is 2.30. The second-order valence-corrected chi connectivity index (χ2v) is 5.85. The van der Waals surface area contributed by atoms with Crippen molar-refractivity contribution < 1.29 is 5.11 Å². The maximum Gasteiger partial charge on any atom is 0.0916 e. The van der Waals surface area contributed by atoms with Crippen LogP contribution in [0.25, 0.3) is 0 Å². The summed E-state index contributed by atoms with van der Waals surface area (Å²) in [5.41, 5.74) is 6.74. The molecule has 16 heavy (non-hydrogen) atoms. The normalized spacial score (nSPS) is 21.6. The van der Waals surface area contributed by atoms with Gasteiger partial charge in [-0.3, -0.25) is 0 Å². The first-order chi connectivity index (χ1) is 7.62. The molecular formula is C13H19NOS. The highest BCUT2D eigenvalue weighted by molar-refractivity contribution is 7.99. The van der Waals surface area contributed by atoms with Crippen LogP contribution in [-0.4, -0.2) is 16.6 Å². The Morgan fingerprint density at radius 2 is 1.94 bits per heavy atom. The Morgan fingerprint density at radius 3 is 2.56 bits per heavy atom. The molecule has 0 radical (unpaired) electrons. The fraction of sp³-hybridized carbons (Fsp3) is 0.538. The van der Waals surface area contributed by atoms with Crippen LogP contribution >= 0.6 is 11.8 Å².